The normalized spacial score (nSPS) is 13.1. The number of hydrogen-bond acceptors (Lipinski definition) is 5. The second kappa shape index (κ2) is 13.4. The van der Waals surface area contributed by atoms with Gasteiger partial charge in [-0.1, -0.05) is 146 Å². The standard InChI is InChI=1S/C51H33N3OS/c1-4-14-32(15-5-1)38-23-13-27-45-47(38)41-25-11-24-40(48(41)56-45)36-28-29-43-42(31-36)46-39(22-12-26-44(46)55-43)35-20-10-21-37(30-35)51-53-49(33-16-6-2-7-17-33)52-50(54-51)34-18-8-3-9-19-34/h1-9,11-19,21-31H,10,20H2. The van der Waals surface area contributed by atoms with Crippen LogP contribution in [-0.4, -0.2) is 15.0 Å². The summed E-state index contributed by atoms with van der Waals surface area (Å²) in [4.78, 5) is 15.0. The molecule has 7 aromatic carbocycles. The number of fused-ring (bicyclic) bond motifs is 6. The van der Waals surface area contributed by atoms with Gasteiger partial charge in [-0.2, -0.15) is 0 Å². The van der Waals surface area contributed by atoms with Gasteiger partial charge < -0.3 is 4.42 Å². The Morgan fingerprint density at radius 2 is 1.11 bits per heavy atom. The van der Waals surface area contributed by atoms with Crippen LogP contribution >= 0.6 is 11.3 Å². The van der Waals surface area contributed by atoms with Gasteiger partial charge in [-0.3, -0.25) is 0 Å². The number of nitrogens with zero attached hydrogens (tertiary/aromatic N) is 3. The number of rotatable bonds is 6. The monoisotopic (exact) mass is 735 g/mol. The van der Waals surface area contributed by atoms with Crippen molar-refractivity contribution in [1.29, 1.82) is 0 Å². The van der Waals surface area contributed by atoms with Gasteiger partial charge in [0.15, 0.2) is 17.5 Å². The molecule has 11 rings (SSSR count). The zero-order chi connectivity index (χ0) is 37.0. The van der Waals surface area contributed by atoms with E-state index in [1.54, 1.807) is 0 Å². The molecule has 0 unspecified atom stereocenters. The highest BCUT2D eigenvalue weighted by molar-refractivity contribution is 7.26. The highest BCUT2D eigenvalue weighted by Crippen LogP contribution is 2.45. The maximum Gasteiger partial charge on any atom is 0.164 e. The summed E-state index contributed by atoms with van der Waals surface area (Å²) < 4.78 is 9.14. The van der Waals surface area contributed by atoms with Crippen molar-refractivity contribution < 1.29 is 4.42 Å². The molecule has 264 valence electrons. The van der Waals surface area contributed by atoms with E-state index in [4.69, 9.17) is 19.4 Å². The van der Waals surface area contributed by atoms with Crippen LogP contribution in [0.15, 0.2) is 180 Å². The van der Waals surface area contributed by atoms with Crippen LogP contribution in [0.5, 0.6) is 0 Å². The average Bonchev–Trinajstić information content (AvgIpc) is 3.86. The summed E-state index contributed by atoms with van der Waals surface area (Å²) in [6, 6.07) is 57.5. The van der Waals surface area contributed by atoms with E-state index < -0.39 is 0 Å². The van der Waals surface area contributed by atoms with Crippen LogP contribution in [-0.2, 0) is 0 Å². The molecule has 0 spiro atoms. The first-order valence-corrected chi connectivity index (χ1v) is 19.8. The van der Waals surface area contributed by atoms with Gasteiger partial charge >= 0.3 is 0 Å². The highest BCUT2D eigenvalue weighted by atomic mass is 32.1. The van der Waals surface area contributed by atoms with Gasteiger partial charge in [-0.15, -0.1) is 11.3 Å². The second-order valence-electron chi connectivity index (χ2n) is 14.2. The van der Waals surface area contributed by atoms with Gasteiger partial charge in [0.05, 0.1) is 0 Å². The van der Waals surface area contributed by atoms with Gasteiger partial charge in [-0.25, -0.2) is 15.0 Å². The Hall–Kier alpha value is -6.95. The summed E-state index contributed by atoms with van der Waals surface area (Å²) in [7, 11) is 0. The molecule has 4 nitrogen and oxygen atoms in total. The molecule has 5 heteroatoms. The van der Waals surface area contributed by atoms with E-state index >= 15 is 0 Å². The molecule has 0 bridgehead atoms. The third-order valence-corrected chi connectivity index (χ3v) is 12.0. The molecule has 3 heterocycles. The van der Waals surface area contributed by atoms with E-state index in [-0.39, 0.29) is 0 Å². The molecular weight excluding hydrogens is 703 g/mol. The van der Waals surface area contributed by atoms with Gasteiger partial charge in [-0.05, 0) is 76.6 Å². The number of aromatic nitrogens is 3. The first-order chi connectivity index (χ1) is 27.7. The van der Waals surface area contributed by atoms with Crippen molar-refractivity contribution in [2.24, 2.45) is 0 Å². The first kappa shape index (κ1) is 32.5. The molecule has 0 aliphatic heterocycles. The summed E-state index contributed by atoms with van der Waals surface area (Å²) in [5.41, 5.74) is 12.0. The largest absolute Gasteiger partial charge is 0.456 e. The fraction of sp³-hybridized carbons (Fsp3) is 0.0392. The van der Waals surface area contributed by atoms with E-state index in [0.29, 0.717) is 17.5 Å². The van der Waals surface area contributed by atoms with Crippen molar-refractivity contribution in [3.05, 3.63) is 187 Å². The summed E-state index contributed by atoms with van der Waals surface area (Å²) in [6.07, 6.45) is 6.30. The maximum atomic E-state index is 6.54. The van der Waals surface area contributed by atoms with Crippen LogP contribution < -0.4 is 0 Å². The smallest absolute Gasteiger partial charge is 0.164 e. The lowest BCUT2D eigenvalue weighted by atomic mass is 9.90. The number of benzene rings is 7. The number of allylic oxidation sites excluding steroid dienone is 4. The van der Waals surface area contributed by atoms with E-state index in [1.165, 1.54) is 53.6 Å². The fourth-order valence-corrected chi connectivity index (χ4v) is 9.47. The summed E-state index contributed by atoms with van der Waals surface area (Å²) >= 11 is 1.87. The molecule has 0 amide bonds. The lowest BCUT2D eigenvalue weighted by Gasteiger charge is -2.16. The molecule has 0 N–H and O–H groups in total. The van der Waals surface area contributed by atoms with Crippen molar-refractivity contribution in [2.75, 3.05) is 0 Å². The zero-order valence-corrected chi connectivity index (χ0v) is 31.1. The summed E-state index contributed by atoms with van der Waals surface area (Å²) in [5.74, 6) is 2.00. The minimum Gasteiger partial charge on any atom is -0.456 e. The molecule has 56 heavy (non-hydrogen) atoms. The van der Waals surface area contributed by atoms with E-state index in [9.17, 15) is 0 Å². The Bertz CT molecular complexity index is 3120. The number of hydrogen-bond donors (Lipinski definition) is 0. The molecule has 10 aromatic rings. The molecule has 1 aliphatic rings. The zero-order valence-electron chi connectivity index (χ0n) is 30.3. The molecule has 3 aromatic heterocycles. The van der Waals surface area contributed by atoms with Gasteiger partial charge in [0.25, 0.3) is 0 Å². The molecule has 0 saturated carbocycles. The Morgan fingerprint density at radius 3 is 1.86 bits per heavy atom. The lowest BCUT2D eigenvalue weighted by Crippen LogP contribution is -2.04. The predicted molar refractivity (Wildman–Crippen MR) is 233 cm³/mol. The second-order valence-corrected chi connectivity index (χ2v) is 15.3. The van der Waals surface area contributed by atoms with Crippen molar-refractivity contribution in [3.63, 3.8) is 0 Å². The maximum absolute atomic E-state index is 6.54. The third kappa shape index (κ3) is 5.55. The van der Waals surface area contributed by atoms with Crippen LogP contribution in [0.2, 0.25) is 0 Å². The van der Waals surface area contributed by atoms with Crippen LogP contribution in [0, 0.1) is 0 Å². The van der Waals surface area contributed by atoms with Crippen molar-refractivity contribution in [2.45, 2.75) is 12.8 Å². The van der Waals surface area contributed by atoms with Gasteiger partial charge in [0, 0.05) is 47.6 Å². The van der Waals surface area contributed by atoms with Crippen molar-refractivity contribution in [3.8, 4) is 45.0 Å². The van der Waals surface area contributed by atoms with Crippen molar-refractivity contribution >= 4 is 64.6 Å². The molecule has 0 saturated heterocycles. The van der Waals surface area contributed by atoms with Gasteiger partial charge in [0.1, 0.15) is 11.2 Å². The van der Waals surface area contributed by atoms with E-state index in [1.807, 2.05) is 72.0 Å². The van der Waals surface area contributed by atoms with Crippen molar-refractivity contribution in [1.82, 2.24) is 15.0 Å². The van der Waals surface area contributed by atoms with Crippen LogP contribution in [0.1, 0.15) is 24.2 Å². The fourth-order valence-electron chi connectivity index (χ4n) is 8.20. The quantitative estimate of drug-likeness (QED) is 0.171. The lowest BCUT2D eigenvalue weighted by molar-refractivity contribution is 0.669. The van der Waals surface area contributed by atoms with Gasteiger partial charge in [0.2, 0.25) is 0 Å². The summed E-state index contributed by atoms with van der Waals surface area (Å²) in [5, 5.41) is 4.86. The summed E-state index contributed by atoms with van der Waals surface area (Å²) in [6.45, 7) is 0. The average molecular weight is 736 g/mol. The number of thiophene rings is 1. The Balaban J connectivity index is 1.04. The SMILES string of the molecule is C1=C(c2nc(-c3ccccc3)nc(-c3ccccc3)n2)C=C(c2cccc3oc4ccc(-c5cccc6c5sc5cccc(-c7ccccc7)c56)cc4c23)CC1. The van der Waals surface area contributed by atoms with E-state index in [2.05, 4.69) is 115 Å². The Morgan fingerprint density at radius 1 is 0.464 bits per heavy atom. The topological polar surface area (TPSA) is 51.8 Å². The predicted octanol–water partition coefficient (Wildman–Crippen LogP) is 14.1. The molecule has 1 aliphatic carbocycles. The Kier molecular flexibility index (Phi) is 7.78. The molecule has 0 radical (unpaired) electrons. The minimum atomic E-state index is 0.663. The minimum absolute atomic E-state index is 0.663. The highest BCUT2D eigenvalue weighted by Gasteiger charge is 2.20. The van der Waals surface area contributed by atoms with E-state index in [0.717, 1.165) is 51.5 Å². The Labute approximate surface area is 327 Å². The van der Waals surface area contributed by atoms with Crippen LogP contribution in [0.25, 0.3) is 98.3 Å². The molecular formula is C51H33N3OS. The third-order valence-electron chi connectivity index (χ3n) is 10.8. The van der Waals surface area contributed by atoms with Crippen LogP contribution in [0.3, 0.4) is 0 Å². The molecule has 0 atom stereocenters. The first-order valence-electron chi connectivity index (χ1n) is 19.0. The number of furan rings is 1. The molecule has 0 fully saturated rings. The van der Waals surface area contributed by atoms with Crippen LogP contribution in [0.4, 0.5) is 0 Å².